The van der Waals surface area contributed by atoms with Crippen LogP contribution in [0.3, 0.4) is 0 Å². The van der Waals surface area contributed by atoms with Crippen molar-refractivity contribution < 1.29 is 20.1 Å². The molecule has 0 aromatic heterocycles. The lowest BCUT2D eigenvalue weighted by Crippen LogP contribution is -2.29. The fourth-order valence-electron chi connectivity index (χ4n) is 6.88. The van der Waals surface area contributed by atoms with Gasteiger partial charge in [0.1, 0.15) is 0 Å². The van der Waals surface area contributed by atoms with Gasteiger partial charge in [-0.1, -0.05) is 227 Å². The van der Waals surface area contributed by atoms with Gasteiger partial charge in [0.15, 0.2) is 5.12 Å². The van der Waals surface area contributed by atoms with Crippen LogP contribution >= 0.6 is 12.6 Å². The van der Waals surface area contributed by atoms with Crippen LogP contribution in [0, 0.1) is 10.8 Å². The molecule has 3 N–H and O–H groups in total. The Balaban J connectivity index is 0. The van der Waals surface area contributed by atoms with Gasteiger partial charge >= 0.3 is 0 Å². The van der Waals surface area contributed by atoms with E-state index in [0.717, 1.165) is 19.3 Å². The van der Waals surface area contributed by atoms with Gasteiger partial charge in [-0.2, -0.15) is 0 Å². The first kappa shape index (κ1) is 51.0. The van der Waals surface area contributed by atoms with Crippen molar-refractivity contribution in [3.05, 3.63) is 0 Å². The lowest BCUT2D eigenvalue weighted by atomic mass is 9.75. The molecule has 5 heteroatoms. The van der Waals surface area contributed by atoms with Crippen molar-refractivity contribution in [3.63, 3.8) is 0 Å². The highest BCUT2D eigenvalue weighted by molar-refractivity contribution is 7.96. The zero-order chi connectivity index (χ0) is 36.7. The quantitative estimate of drug-likeness (QED) is 0.0379. The Morgan fingerprint density at radius 1 is 0.388 bits per heavy atom. The molecule has 0 heterocycles. The second kappa shape index (κ2) is 39.1. The largest absolute Gasteiger partial charge is 0.396 e. The van der Waals surface area contributed by atoms with Gasteiger partial charge in [-0.25, -0.2) is 0 Å². The normalized spacial score (nSPS) is 11.9. The average Bonchev–Trinajstić information content (AvgIpc) is 3.11. The van der Waals surface area contributed by atoms with Crippen molar-refractivity contribution in [1.82, 2.24) is 0 Å². The molecule has 0 fully saturated rings. The van der Waals surface area contributed by atoms with Crippen molar-refractivity contribution in [3.8, 4) is 0 Å². The molecule has 0 saturated heterocycles. The molecular weight excluding hydrogens is 625 g/mol. The van der Waals surface area contributed by atoms with E-state index < -0.39 is 5.41 Å². The maximum Gasteiger partial charge on any atom is 0.192 e. The summed E-state index contributed by atoms with van der Waals surface area (Å²) < 4.78 is 0. The molecule has 0 aliphatic carbocycles. The predicted octanol–water partition coefficient (Wildman–Crippen LogP) is 13.7. The summed E-state index contributed by atoms with van der Waals surface area (Å²) >= 11 is 4.54. The first-order valence-electron chi connectivity index (χ1n) is 21.9. The predicted molar refractivity (Wildman–Crippen MR) is 220 cm³/mol. The molecule has 296 valence electrons. The third kappa shape index (κ3) is 33.5. The Labute approximate surface area is 313 Å². The molecule has 4 nitrogen and oxygen atoms in total. The van der Waals surface area contributed by atoms with E-state index >= 15 is 0 Å². The molecule has 0 bridgehead atoms. The summed E-state index contributed by atoms with van der Waals surface area (Å²) in [4.78, 5) is 13.0. The zero-order valence-electron chi connectivity index (χ0n) is 33.9. The van der Waals surface area contributed by atoms with Gasteiger partial charge in [-0.3, -0.25) is 4.79 Å². The summed E-state index contributed by atoms with van der Waals surface area (Å²) in [7, 11) is 0. The number of carbonyl (C=O) groups is 1. The molecular formula is C44H90O4S. The number of carbonyl (C=O) groups excluding carboxylic acids is 1. The summed E-state index contributed by atoms with van der Waals surface area (Å²) in [5.74, 6) is 0. The highest BCUT2D eigenvalue weighted by Gasteiger charge is 2.34. The Hall–Kier alpha value is -0.100. The smallest absolute Gasteiger partial charge is 0.192 e. The minimum atomic E-state index is -0.708. The maximum atomic E-state index is 13.0. The molecule has 0 rings (SSSR count). The first-order valence-corrected chi connectivity index (χ1v) is 22.3. The van der Waals surface area contributed by atoms with E-state index in [4.69, 9.17) is 15.3 Å². The van der Waals surface area contributed by atoms with Crippen LogP contribution in [-0.2, 0) is 4.79 Å². The van der Waals surface area contributed by atoms with Crippen LogP contribution in [0.4, 0.5) is 0 Å². The summed E-state index contributed by atoms with van der Waals surface area (Å²) in [5.41, 5.74) is -0.858. The Bertz CT molecular complexity index is 619. The third-order valence-corrected chi connectivity index (χ3v) is 11.3. The highest BCUT2D eigenvalue weighted by Crippen LogP contribution is 2.39. The monoisotopic (exact) mass is 715 g/mol. The van der Waals surface area contributed by atoms with E-state index in [1.807, 2.05) is 0 Å². The van der Waals surface area contributed by atoms with Gasteiger partial charge < -0.3 is 15.3 Å². The fraction of sp³-hybridized carbons (Fsp3) is 0.977. The number of hydrogen-bond acceptors (Lipinski definition) is 4. The van der Waals surface area contributed by atoms with Gasteiger partial charge in [0.25, 0.3) is 0 Å². The average molecular weight is 715 g/mol. The van der Waals surface area contributed by atoms with Gasteiger partial charge in [0.05, 0.1) is 19.8 Å². The van der Waals surface area contributed by atoms with Crippen LogP contribution in [0.15, 0.2) is 0 Å². The molecule has 0 aromatic carbocycles. The number of hydrogen-bond donors (Lipinski definition) is 4. The van der Waals surface area contributed by atoms with E-state index in [0.29, 0.717) is 0 Å². The molecule has 0 aliphatic heterocycles. The second-order valence-electron chi connectivity index (χ2n) is 16.0. The number of rotatable bonds is 38. The molecule has 0 atom stereocenters. The molecule has 0 amide bonds. The van der Waals surface area contributed by atoms with Gasteiger partial charge in [-0.05, 0) is 19.3 Å². The first-order chi connectivity index (χ1) is 23.8. The molecule has 0 unspecified atom stereocenters. The minimum Gasteiger partial charge on any atom is -0.396 e. The SMILES string of the molecule is CC(CO)(CO)CO.CCCCCCCCCCCCCC(CCCCCCCCCCCC)(CCCCCCCCCCCC)C(=O)S. The lowest BCUT2D eigenvalue weighted by molar-refractivity contribution is -0.121. The Morgan fingerprint density at radius 3 is 0.714 bits per heavy atom. The molecule has 0 aromatic rings. The van der Waals surface area contributed by atoms with Gasteiger partial charge in [0.2, 0.25) is 0 Å². The van der Waals surface area contributed by atoms with Crippen molar-refractivity contribution in [2.45, 2.75) is 246 Å². The number of aliphatic hydroxyl groups excluding tert-OH is 3. The molecule has 49 heavy (non-hydrogen) atoms. The van der Waals surface area contributed by atoms with Crippen molar-refractivity contribution >= 4 is 17.7 Å². The van der Waals surface area contributed by atoms with Gasteiger partial charge in [-0.15, -0.1) is 12.6 Å². The molecule has 0 spiro atoms. The summed E-state index contributed by atoms with van der Waals surface area (Å²) in [6.45, 7) is 7.95. The highest BCUT2D eigenvalue weighted by atomic mass is 32.1. The molecule has 0 radical (unpaired) electrons. The van der Waals surface area contributed by atoms with E-state index in [2.05, 4.69) is 33.4 Å². The van der Waals surface area contributed by atoms with Crippen molar-refractivity contribution in [2.24, 2.45) is 10.8 Å². The van der Waals surface area contributed by atoms with Crippen molar-refractivity contribution in [1.29, 1.82) is 0 Å². The number of unbranched alkanes of at least 4 members (excludes halogenated alkanes) is 28. The van der Waals surface area contributed by atoms with E-state index in [1.54, 1.807) is 6.92 Å². The zero-order valence-corrected chi connectivity index (χ0v) is 34.8. The van der Waals surface area contributed by atoms with Crippen LogP contribution in [-0.4, -0.2) is 40.3 Å². The Morgan fingerprint density at radius 2 is 0.571 bits per heavy atom. The second-order valence-corrected chi connectivity index (χ2v) is 16.4. The standard InChI is InChI=1S/C39H78OS.C5H12O3/c1-4-7-10-13-16-19-22-25-28-31-34-37-39(38(40)41,35-32-29-26-23-20-17-14-11-8-5-2)36-33-30-27-24-21-18-15-12-9-6-3;1-5(2-6,3-7)4-8/h4-37H2,1-3H3,(H,40,41);6-8H,2-4H2,1H3. The number of thiol groups is 1. The van der Waals surface area contributed by atoms with E-state index in [9.17, 15) is 4.79 Å². The van der Waals surface area contributed by atoms with E-state index in [-0.39, 0.29) is 30.4 Å². The van der Waals surface area contributed by atoms with E-state index in [1.165, 1.54) is 199 Å². The van der Waals surface area contributed by atoms with Gasteiger partial charge in [0, 0.05) is 10.8 Å². The number of aliphatic hydroxyl groups is 3. The van der Waals surface area contributed by atoms with Crippen LogP contribution in [0.5, 0.6) is 0 Å². The van der Waals surface area contributed by atoms with Crippen molar-refractivity contribution in [2.75, 3.05) is 19.8 Å². The fourth-order valence-corrected chi connectivity index (χ4v) is 7.21. The van der Waals surface area contributed by atoms with Crippen LogP contribution in [0.25, 0.3) is 0 Å². The third-order valence-electron chi connectivity index (χ3n) is 10.9. The summed E-state index contributed by atoms with van der Waals surface area (Å²) in [6, 6.07) is 0. The maximum absolute atomic E-state index is 13.0. The van der Waals surface area contributed by atoms with Crippen LogP contribution in [0.2, 0.25) is 0 Å². The summed E-state index contributed by atoms with van der Waals surface area (Å²) in [5, 5.41) is 25.6. The van der Waals surface area contributed by atoms with Crippen LogP contribution < -0.4 is 0 Å². The summed E-state index contributed by atoms with van der Waals surface area (Å²) in [6.07, 6.45) is 45.6. The topological polar surface area (TPSA) is 77.8 Å². The minimum absolute atomic E-state index is 0.150. The Kier molecular flexibility index (Phi) is 40.7. The van der Waals surface area contributed by atoms with Crippen LogP contribution in [0.1, 0.15) is 246 Å². The lowest BCUT2D eigenvalue weighted by Gasteiger charge is -2.31. The molecule has 0 aliphatic rings. The molecule has 0 saturated carbocycles.